The summed E-state index contributed by atoms with van der Waals surface area (Å²) in [5.41, 5.74) is 0. The van der Waals surface area contributed by atoms with E-state index in [9.17, 15) is 4.79 Å². The summed E-state index contributed by atoms with van der Waals surface area (Å²) in [5, 5.41) is 8.08. The summed E-state index contributed by atoms with van der Waals surface area (Å²) in [7, 11) is 1.63. The predicted octanol–water partition coefficient (Wildman–Crippen LogP) is 1.50. The van der Waals surface area contributed by atoms with Gasteiger partial charge in [0, 0.05) is 7.11 Å². The van der Waals surface area contributed by atoms with E-state index in [1.165, 1.54) is 0 Å². The average molecular weight is 162 g/mol. The highest BCUT2D eigenvalue weighted by molar-refractivity contribution is 5.56. The normalized spacial score (nSPS) is 12.5. The van der Waals surface area contributed by atoms with E-state index in [2.05, 4.69) is 4.74 Å². The van der Waals surface area contributed by atoms with Crippen LogP contribution >= 0.6 is 0 Å². The van der Waals surface area contributed by atoms with E-state index in [0.717, 1.165) is 6.42 Å². The van der Waals surface area contributed by atoms with Crippen LogP contribution in [0.3, 0.4) is 0 Å². The number of carbonyl (C=O) groups is 1. The van der Waals surface area contributed by atoms with E-state index in [1.807, 2.05) is 6.92 Å². The molecule has 0 saturated heterocycles. The van der Waals surface area contributed by atoms with Gasteiger partial charge >= 0.3 is 6.16 Å². The number of ether oxygens (including phenoxy) is 2. The molecule has 0 aliphatic heterocycles. The van der Waals surface area contributed by atoms with Gasteiger partial charge in [0.25, 0.3) is 0 Å². The van der Waals surface area contributed by atoms with Crippen molar-refractivity contribution in [3.05, 3.63) is 0 Å². The van der Waals surface area contributed by atoms with E-state index >= 15 is 0 Å². The fourth-order valence-corrected chi connectivity index (χ4v) is 0.648. The summed E-state index contributed by atoms with van der Waals surface area (Å²) >= 11 is 0. The number of hydrogen-bond donors (Lipinski definition) is 1. The van der Waals surface area contributed by atoms with Gasteiger partial charge in [-0.2, -0.15) is 0 Å². The van der Waals surface area contributed by atoms with Crippen LogP contribution in [0.2, 0.25) is 0 Å². The molecular weight excluding hydrogens is 148 g/mol. The predicted molar refractivity (Wildman–Crippen MR) is 39.7 cm³/mol. The number of hydrogen-bond acceptors (Lipinski definition) is 3. The fourth-order valence-electron chi connectivity index (χ4n) is 0.648. The number of methoxy groups -OCH3 is 1. The van der Waals surface area contributed by atoms with Crippen molar-refractivity contribution >= 4 is 6.16 Å². The van der Waals surface area contributed by atoms with Gasteiger partial charge in [-0.05, 0) is 19.8 Å². The van der Waals surface area contributed by atoms with Gasteiger partial charge in [-0.1, -0.05) is 0 Å². The van der Waals surface area contributed by atoms with Crippen LogP contribution in [-0.2, 0) is 9.47 Å². The lowest BCUT2D eigenvalue weighted by atomic mass is 10.2. The summed E-state index contributed by atoms with van der Waals surface area (Å²) in [6.45, 7) is 2.18. The molecule has 0 saturated carbocycles. The lowest BCUT2D eigenvalue weighted by Crippen LogP contribution is -2.08. The average Bonchev–Trinajstić information content (AvgIpc) is 1.97. The topological polar surface area (TPSA) is 55.8 Å². The molecule has 0 heterocycles. The lowest BCUT2D eigenvalue weighted by molar-refractivity contribution is 0.0753. The van der Waals surface area contributed by atoms with Crippen molar-refractivity contribution in [2.75, 3.05) is 13.7 Å². The summed E-state index contributed by atoms with van der Waals surface area (Å²) < 4.78 is 9.25. The summed E-state index contributed by atoms with van der Waals surface area (Å²) in [5.74, 6) is 0. The van der Waals surface area contributed by atoms with Gasteiger partial charge in [-0.25, -0.2) is 4.79 Å². The van der Waals surface area contributed by atoms with E-state index in [-0.39, 0.29) is 12.7 Å². The molecule has 0 spiro atoms. The first kappa shape index (κ1) is 10.2. The van der Waals surface area contributed by atoms with Crippen LogP contribution in [0.15, 0.2) is 0 Å². The Kier molecular flexibility index (Phi) is 5.56. The van der Waals surface area contributed by atoms with Gasteiger partial charge in [-0.15, -0.1) is 0 Å². The van der Waals surface area contributed by atoms with Crippen molar-refractivity contribution in [1.29, 1.82) is 0 Å². The highest BCUT2D eigenvalue weighted by Crippen LogP contribution is 1.99. The molecule has 0 aromatic heterocycles. The van der Waals surface area contributed by atoms with Crippen molar-refractivity contribution in [2.45, 2.75) is 25.9 Å². The summed E-state index contributed by atoms with van der Waals surface area (Å²) in [4.78, 5) is 9.86. The van der Waals surface area contributed by atoms with Gasteiger partial charge in [0.2, 0.25) is 0 Å². The molecule has 1 atom stereocenters. The van der Waals surface area contributed by atoms with Gasteiger partial charge in [0.05, 0.1) is 12.7 Å². The number of rotatable bonds is 5. The Balaban J connectivity index is 3.08. The molecule has 0 aliphatic carbocycles. The Morgan fingerprint density at radius 2 is 2.27 bits per heavy atom. The summed E-state index contributed by atoms with van der Waals surface area (Å²) in [6.07, 6.45) is 0.493. The van der Waals surface area contributed by atoms with E-state index in [1.54, 1.807) is 7.11 Å². The van der Waals surface area contributed by atoms with Crippen molar-refractivity contribution < 1.29 is 19.4 Å². The van der Waals surface area contributed by atoms with Gasteiger partial charge in [0.15, 0.2) is 0 Å². The molecule has 66 valence electrons. The Morgan fingerprint density at radius 3 is 2.73 bits per heavy atom. The maximum absolute atomic E-state index is 9.86. The molecule has 4 nitrogen and oxygen atoms in total. The minimum Gasteiger partial charge on any atom is -0.450 e. The van der Waals surface area contributed by atoms with Crippen molar-refractivity contribution in [1.82, 2.24) is 0 Å². The van der Waals surface area contributed by atoms with Crippen LogP contribution < -0.4 is 0 Å². The second-order valence-corrected chi connectivity index (χ2v) is 2.30. The van der Waals surface area contributed by atoms with E-state index in [4.69, 9.17) is 9.84 Å². The fraction of sp³-hybridized carbons (Fsp3) is 0.857. The minimum atomic E-state index is -1.21. The zero-order valence-electron chi connectivity index (χ0n) is 6.87. The highest BCUT2D eigenvalue weighted by atomic mass is 16.7. The highest BCUT2D eigenvalue weighted by Gasteiger charge is 2.00. The van der Waals surface area contributed by atoms with Crippen LogP contribution in [0, 0.1) is 0 Å². The molecule has 11 heavy (non-hydrogen) atoms. The molecule has 4 heteroatoms. The monoisotopic (exact) mass is 162 g/mol. The zero-order chi connectivity index (χ0) is 8.69. The second kappa shape index (κ2) is 5.97. The van der Waals surface area contributed by atoms with E-state index < -0.39 is 6.16 Å². The lowest BCUT2D eigenvalue weighted by Gasteiger charge is -2.07. The quantitative estimate of drug-likeness (QED) is 0.491. The molecule has 0 aliphatic rings. The van der Waals surface area contributed by atoms with Crippen molar-refractivity contribution in [3.8, 4) is 0 Å². The maximum Gasteiger partial charge on any atom is 0.505 e. The Labute approximate surface area is 66.1 Å². The molecule has 0 radical (unpaired) electrons. The van der Waals surface area contributed by atoms with Crippen LogP contribution in [0.4, 0.5) is 4.79 Å². The molecule has 1 unspecified atom stereocenters. The Bertz CT molecular complexity index is 113. The molecule has 0 bridgehead atoms. The Hall–Kier alpha value is -0.770. The Morgan fingerprint density at radius 1 is 1.64 bits per heavy atom. The third kappa shape index (κ3) is 7.12. The first-order valence-electron chi connectivity index (χ1n) is 3.55. The largest absolute Gasteiger partial charge is 0.505 e. The van der Waals surface area contributed by atoms with Crippen LogP contribution in [0.25, 0.3) is 0 Å². The van der Waals surface area contributed by atoms with Gasteiger partial charge in [-0.3, -0.25) is 0 Å². The van der Waals surface area contributed by atoms with Gasteiger partial charge in [0.1, 0.15) is 0 Å². The molecule has 0 rings (SSSR count). The van der Waals surface area contributed by atoms with Gasteiger partial charge < -0.3 is 14.6 Å². The molecule has 0 fully saturated rings. The smallest absolute Gasteiger partial charge is 0.450 e. The van der Waals surface area contributed by atoms with Crippen LogP contribution in [0.5, 0.6) is 0 Å². The van der Waals surface area contributed by atoms with Crippen LogP contribution in [-0.4, -0.2) is 31.1 Å². The first-order chi connectivity index (χ1) is 5.16. The minimum absolute atomic E-state index is 0.174. The SMILES string of the molecule is COC(C)CCCOC(=O)O. The van der Waals surface area contributed by atoms with E-state index in [0.29, 0.717) is 6.42 Å². The molecular formula is C7H14O4. The van der Waals surface area contributed by atoms with Crippen LogP contribution in [0.1, 0.15) is 19.8 Å². The molecule has 0 aromatic carbocycles. The van der Waals surface area contributed by atoms with Crippen molar-refractivity contribution in [3.63, 3.8) is 0 Å². The first-order valence-corrected chi connectivity index (χ1v) is 3.55. The number of carboxylic acid groups (broad SMARTS) is 1. The third-order valence-electron chi connectivity index (χ3n) is 1.38. The third-order valence-corrected chi connectivity index (χ3v) is 1.38. The zero-order valence-corrected chi connectivity index (χ0v) is 6.87. The molecule has 1 N–H and O–H groups in total. The molecule has 0 amide bonds. The second-order valence-electron chi connectivity index (χ2n) is 2.30. The molecule has 0 aromatic rings. The summed E-state index contributed by atoms with van der Waals surface area (Å²) in [6, 6.07) is 0. The maximum atomic E-state index is 9.86. The standard InChI is InChI=1S/C7H14O4/c1-6(10-2)4-3-5-11-7(8)9/h6H,3-5H2,1-2H3,(H,8,9). The van der Waals surface area contributed by atoms with Crippen molar-refractivity contribution in [2.24, 2.45) is 0 Å².